The second-order valence-electron chi connectivity index (χ2n) is 4.54. The first-order valence-electron chi connectivity index (χ1n) is 6.85. The lowest BCUT2D eigenvalue weighted by Gasteiger charge is -2.17. The fourth-order valence-electron chi connectivity index (χ4n) is 1.80. The number of hydrogen-bond donors (Lipinski definition) is 1. The molecule has 1 aromatic heterocycles. The van der Waals surface area contributed by atoms with Crippen LogP contribution in [0.15, 0.2) is 42.6 Å². The molecule has 1 aromatic carbocycles. The maximum absolute atomic E-state index is 12.2. The van der Waals surface area contributed by atoms with Gasteiger partial charge in [-0.05, 0) is 42.8 Å². The highest BCUT2D eigenvalue weighted by Gasteiger charge is 2.19. The van der Waals surface area contributed by atoms with Crippen molar-refractivity contribution in [1.82, 2.24) is 4.98 Å². The van der Waals surface area contributed by atoms with Crippen molar-refractivity contribution >= 4 is 23.3 Å². The van der Waals surface area contributed by atoms with Crippen LogP contribution in [0.1, 0.15) is 13.3 Å². The summed E-state index contributed by atoms with van der Waals surface area (Å²) in [4.78, 5) is 16.3. The predicted octanol–water partition coefficient (Wildman–Crippen LogP) is 3.54. The Morgan fingerprint density at radius 2 is 1.91 bits per heavy atom. The maximum Gasteiger partial charge on any atom is 0.266 e. The van der Waals surface area contributed by atoms with Crippen LogP contribution >= 0.6 is 11.6 Å². The smallest absolute Gasteiger partial charge is 0.266 e. The molecular formula is C16H17ClN2O3. The molecule has 1 heterocycles. The number of amides is 1. The summed E-state index contributed by atoms with van der Waals surface area (Å²) in [6.07, 6.45) is 1.40. The number of ether oxygens (including phenoxy) is 2. The Morgan fingerprint density at radius 1 is 1.23 bits per heavy atom. The molecule has 0 saturated carbocycles. The molecule has 0 aliphatic carbocycles. The van der Waals surface area contributed by atoms with Crippen LogP contribution in [0.2, 0.25) is 5.02 Å². The van der Waals surface area contributed by atoms with E-state index in [2.05, 4.69) is 10.3 Å². The van der Waals surface area contributed by atoms with Crippen molar-refractivity contribution in [2.24, 2.45) is 0 Å². The molecular weight excluding hydrogens is 304 g/mol. The van der Waals surface area contributed by atoms with E-state index in [0.717, 1.165) is 5.75 Å². The third-order valence-corrected chi connectivity index (χ3v) is 3.20. The van der Waals surface area contributed by atoms with Gasteiger partial charge in [-0.1, -0.05) is 18.5 Å². The standard InChI is InChI=1S/C16H17ClN2O3/c1-3-14(22-13-7-5-12(21-2)6-8-13)16(20)19-15-9-4-11(17)10-18-15/h4-10,14H,3H2,1-2H3,(H,18,19,20)/t14-/m0/s1. The van der Waals surface area contributed by atoms with Crippen LogP contribution < -0.4 is 14.8 Å². The molecule has 116 valence electrons. The molecule has 0 aliphatic rings. The number of pyridine rings is 1. The second-order valence-corrected chi connectivity index (χ2v) is 4.98. The number of carbonyl (C=O) groups excluding carboxylic acids is 1. The molecule has 0 bridgehead atoms. The third kappa shape index (κ3) is 4.36. The highest BCUT2D eigenvalue weighted by Crippen LogP contribution is 2.19. The van der Waals surface area contributed by atoms with E-state index in [0.29, 0.717) is 23.0 Å². The first-order valence-corrected chi connectivity index (χ1v) is 7.23. The van der Waals surface area contributed by atoms with Gasteiger partial charge in [0, 0.05) is 6.20 Å². The molecule has 5 nitrogen and oxygen atoms in total. The first-order chi connectivity index (χ1) is 10.6. The Balaban J connectivity index is 2.00. The molecule has 0 fully saturated rings. The van der Waals surface area contributed by atoms with E-state index in [4.69, 9.17) is 21.1 Å². The molecule has 1 N–H and O–H groups in total. The normalized spacial score (nSPS) is 11.6. The molecule has 1 atom stereocenters. The average Bonchev–Trinajstić information content (AvgIpc) is 2.55. The average molecular weight is 321 g/mol. The van der Waals surface area contributed by atoms with Crippen molar-refractivity contribution in [1.29, 1.82) is 0 Å². The van der Waals surface area contributed by atoms with E-state index >= 15 is 0 Å². The summed E-state index contributed by atoms with van der Waals surface area (Å²) in [6.45, 7) is 1.88. The number of benzene rings is 1. The number of halogens is 1. The molecule has 2 rings (SSSR count). The van der Waals surface area contributed by atoms with E-state index in [1.165, 1.54) is 6.20 Å². The summed E-state index contributed by atoms with van der Waals surface area (Å²) >= 11 is 5.76. The molecule has 6 heteroatoms. The summed E-state index contributed by atoms with van der Waals surface area (Å²) in [6, 6.07) is 10.4. The Morgan fingerprint density at radius 3 is 2.45 bits per heavy atom. The Bertz CT molecular complexity index is 614. The number of carbonyl (C=O) groups is 1. The van der Waals surface area contributed by atoms with Crippen molar-refractivity contribution in [2.75, 3.05) is 12.4 Å². The summed E-state index contributed by atoms with van der Waals surface area (Å²) in [7, 11) is 1.59. The van der Waals surface area contributed by atoms with Crippen LogP contribution in [0.5, 0.6) is 11.5 Å². The van der Waals surface area contributed by atoms with Crippen molar-refractivity contribution < 1.29 is 14.3 Å². The van der Waals surface area contributed by atoms with Crippen LogP contribution in [-0.2, 0) is 4.79 Å². The van der Waals surface area contributed by atoms with Gasteiger partial charge in [-0.25, -0.2) is 4.98 Å². The van der Waals surface area contributed by atoms with E-state index in [1.807, 2.05) is 6.92 Å². The molecule has 2 aromatic rings. The van der Waals surface area contributed by atoms with Crippen LogP contribution in [0.25, 0.3) is 0 Å². The van der Waals surface area contributed by atoms with E-state index in [1.54, 1.807) is 43.5 Å². The van der Waals surface area contributed by atoms with Gasteiger partial charge in [-0.3, -0.25) is 4.79 Å². The minimum atomic E-state index is -0.606. The number of hydrogen-bond acceptors (Lipinski definition) is 4. The van der Waals surface area contributed by atoms with Gasteiger partial charge in [0.25, 0.3) is 5.91 Å². The zero-order valence-corrected chi connectivity index (χ0v) is 13.1. The fraction of sp³-hybridized carbons (Fsp3) is 0.250. The van der Waals surface area contributed by atoms with Gasteiger partial charge in [-0.2, -0.15) is 0 Å². The van der Waals surface area contributed by atoms with Crippen molar-refractivity contribution in [3.63, 3.8) is 0 Å². The molecule has 1 amide bonds. The Kier molecular flexibility index (Phi) is 5.61. The minimum absolute atomic E-state index is 0.256. The second kappa shape index (κ2) is 7.66. The number of rotatable bonds is 6. The van der Waals surface area contributed by atoms with Crippen molar-refractivity contribution in [3.8, 4) is 11.5 Å². The van der Waals surface area contributed by atoms with Crippen LogP contribution in [0, 0.1) is 0 Å². The van der Waals surface area contributed by atoms with Gasteiger partial charge >= 0.3 is 0 Å². The van der Waals surface area contributed by atoms with E-state index in [-0.39, 0.29) is 5.91 Å². The summed E-state index contributed by atoms with van der Waals surface area (Å²) in [5.41, 5.74) is 0. The Labute approximate surface area is 134 Å². The monoisotopic (exact) mass is 320 g/mol. The lowest BCUT2D eigenvalue weighted by atomic mass is 10.2. The molecule has 0 spiro atoms. The topological polar surface area (TPSA) is 60.5 Å². The number of nitrogens with one attached hydrogen (secondary N) is 1. The van der Waals surface area contributed by atoms with Gasteiger partial charge in [-0.15, -0.1) is 0 Å². The number of methoxy groups -OCH3 is 1. The summed E-state index contributed by atoms with van der Waals surface area (Å²) in [5, 5.41) is 3.22. The van der Waals surface area contributed by atoms with Gasteiger partial charge in [0.15, 0.2) is 6.10 Å². The molecule has 0 aliphatic heterocycles. The zero-order chi connectivity index (χ0) is 15.9. The van der Waals surface area contributed by atoms with Crippen LogP contribution in [-0.4, -0.2) is 24.1 Å². The highest BCUT2D eigenvalue weighted by molar-refractivity contribution is 6.30. The fourth-order valence-corrected chi connectivity index (χ4v) is 1.91. The minimum Gasteiger partial charge on any atom is -0.497 e. The zero-order valence-electron chi connectivity index (χ0n) is 12.4. The van der Waals surface area contributed by atoms with Crippen LogP contribution in [0.3, 0.4) is 0 Å². The maximum atomic E-state index is 12.2. The number of nitrogens with zero attached hydrogens (tertiary/aromatic N) is 1. The number of anilines is 1. The third-order valence-electron chi connectivity index (χ3n) is 2.98. The largest absolute Gasteiger partial charge is 0.497 e. The van der Waals surface area contributed by atoms with Crippen molar-refractivity contribution in [3.05, 3.63) is 47.6 Å². The molecule has 0 saturated heterocycles. The molecule has 0 unspecified atom stereocenters. The predicted molar refractivity (Wildman–Crippen MR) is 85.6 cm³/mol. The van der Waals surface area contributed by atoms with Gasteiger partial charge < -0.3 is 14.8 Å². The number of aromatic nitrogens is 1. The van der Waals surface area contributed by atoms with E-state index < -0.39 is 6.10 Å². The lowest BCUT2D eigenvalue weighted by molar-refractivity contribution is -0.122. The molecule has 22 heavy (non-hydrogen) atoms. The Hall–Kier alpha value is -2.27. The molecule has 0 radical (unpaired) electrons. The van der Waals surface area contributed by atoms with Gasteiger partial charge in [0.2, 0.25) is 0 Å². The highest BCUT2D eigenvalue weighted by atomic mass is 35.5. The first kappa shape index (κ1) is 16.1. The summed E-state index contributed by atoms with van der Waals surface area (Å²) < 4.78 is 10.8. The quantitative estimate of drug-likeness (QED) is 0.884. The lowest BCUT2D eigenvalue weighted by Crippen LogP contribution is -2.32. The van der Waals surface area contributed by atoms with Crippen LogP contribution in [0.4, 0.5) is 5.82 Å². The van der Waals surface area contributed by atoms with Crippen molar-refractivity contribution in [2.45, 2.75) is 19.4 Å². The van der Waals surface area contributed by atoms with E-state index in [9.17, 15) is 4.79 Å². The SMILES string of the molecule is CC[C@H](Oc1ccc(OC)cc1)C(=O)Nc1ccc(Cl)cn1. The van der Waals surface area contributed by atoms with Gasteiger partial charge in [0.1, 0.15) is 17.3 Å². The summed E-state index contributed by atoms with van der Waals surface area (Å²) in [5.74, 6) is 1.52. The van der Waals surface area contributed by atoms with Gasteiger partial charge in [0.05, 0.1) is 12.1 Å².